The van der Waals surface area contributed by atoms with Crippen LogP contribution in [0, 0.1) is 0 Å². The normalized spacial score (nSPS) is 15.8. The average molecular weight is 681 g/mol. The van der Waals surface area contributed by atoms with Crippen LogP contribution in [0.3, 0.4) is 0 Å². The lowest BCUT2D eigenvalue weighted by molar-refractivity contribution is 0.585. The maximum atomic E-state index is 2.54. The molecular weight excluding hydrogens is 641 g/mol. The molecule has 1 atom stereocenters. The molecule has 0 fully saturated rings. The smallest absolute Gasteiger partial charge is 0.0563 e. The van der Waals surface area contributed by atoms with E-state index >= 15 is 0 Å². The fourth-order valence-electron chi connectivity index (χ4n) is 8.94. The van der Waals surface area contributed by atoms with E-state index in [0.29, 0.717) is 0 Å². The molecule has 2 aliphatic carbocycles. The van der Waals surface area contributed by atoms with Crippen molar-refractivity contribution in [2.75, 3.05) is 4.90 Å². The van der Waals surface area contributed by atoms with Crippen LogP contribution >= 0.6 is 0 Å². The molecule has 0 spiro atoms. The van der Waals surface area contributed by atoms with E-state index < -0.39 is 0 Å². The summed E-state index contributed by atoms with van der Waals surface area (Å²) >= 11 is 0. The summed E-state index contributed by atoms with van der Waals surface area (Å²) in [4.78, 5) is 2.54. The predicted octanol–water partition coefficient (Wildman–Crippen LogP) is 13.3. The van der Waals surface area contributed by atoms with E-state index in [0.717, 1.165) is 6.42 Å². The quantitative estimate of drug-likeness (QED) is 0.170. The number of nitrogens with zero attached hydrogens (tertiary/aromatic N) is 2. The van der Waals surface area contributed by atoms with Crippen LogP contribution in [0.1, 0.15) is 31.4 Å². The summed E-state index contributed by atoms with van der Waals surface area (Å²) < 4.78 is 2.38. The second-order valence-electron chi connectivity index (χ2n) is 14.9. The zero-order chi connectivity index (χ0) is 35.5. The molecule has 7 aromatic carbocycles. The van der Waals surface area contributed by atoms with Crippen LogP contribution in [0.15, 0.2) is 194 Å². The molecule has 2 heteroatoms. The number of rotatable bonds is 6. The first-order chi connectivity index (χ1) is 26.0. The molecule has 2 aliphatic rings. The molecule has 2 nitrogen and oxygen atoms in total. The number of hydrogen-bond acceptors (Lipinski definition) is 1. The lowest BCUT2D eigenvalue weighted by atomic mass is 9.77. The molecular formula is C51H40N2. The second-order valence-corrected chi connectivity index (χ2v) is 14.9. The second kappa shape index (κ2) is 12.4. The largest absolute Gasteiger partial charge is 0.334 e. The van der Waals surface area contributed by atoms with E-state index in [-0.39, 0.29) is 11.5 Å². The van der Waals surface area contributed by atoms with Crippen molar-refractivity contribution < 1.29 is 0 Å². The highest BCUT2D eigenvalue weighted by molar-refractivity contribution is 6.10. The third-order valence-electron chi connectivity index (χ3n) is 11.6. The first kappa shape index (κ1) is 31.4. The van der Waals surface area contributed by atoms with Gasteiger partial charge in [0.05, 0.1) is 17.1 Å². The van der Waals surface area contributed by atoms with Crippen molar-refractivity contribution in [1.82, 2.24) is 4.57 Å². The minimum atomic E-state index is -0.0100. The van der Waals surface area contributed by atoms with Gasteiger partial charge in [0, 0.05) is 33.2 Å². The first-order valence-corrected chi connectivity index (χ1v) is 18.7. The maximum Gasteiger partial charge on any atom is 0.0563 e. The minimum Gasteiger partial charge on any atom is -0.334 e. The van der Waals surface area contributed by atoms with Crippen LogP contribution in [0.4, 0.5) is 11.4 Å². The summed E-state index contributed by atoms with van der Waals surface area (Å²) in [6.45, 7) is 4.79. The number of hydrogen-bond donors (Lipinski definition) is 0. The van der Waals surface area contributed by atoms with Gasteiger partial charge in [0.15, 0.2) is 0 Å². The van der Waals surface area contributed by atoms with Crippen molar-refractivity contribution in [2.45, 2.75) is 31.7 Å². The van der Waals surface area contributed by atoms with Crippen LogP contribution < -0.4 is 4.90 Å². The number of fused-ring (bicyclic) bond motifs is 5. The molecule has 1 unspecified atom stereocenters. The number of allylic oxidation sites excluding steroid dienone is 2. The molecule has 0 bridgehead atoms. The molecule has 1 aromatic heterocycles. The van der Waals surface area contributed by atoms with Gasteiger partial charge in [-0.25, -0.2) is 0 Å². The Kier molecular flexibility index (Phi) is 7.33. The third-order valence-corrected chi connectivity index (χ3v) is 11.6. The summed E-state index contributed by atoms with van der Waals surface area (Å²) in [6.07, 6.45) is 5.78. The van der Waals surface area contributed by atoms with Crippen molar-refractivity contribution in [1.29, 1.82) is 0 Å². The van der Waals surface area contributed by atoms with Crippen LogP contribution in [0.25, 0.3) is 55.3 Å². The molecule has 254 valence electrons. The first-order valence-electron chi connectivity index (χ1n) is 18.7. The molecule has 0 N–H and O–H groups in total. The van der Waals surface area contributed by atoms with Gasteiger partial charge >= 0.3 is 0 Å². The summed E-state index contributed by atoms with van der Waals surface area (Å²) in [5, 5.41) is 2.53. The zero-order valence-electron chi connectivity index (χ0n) is 30.1. The van der Waals surface area contributed by atoms with Gasteiger partial charge in [-0.1, -0.05) is 147 Å². The Morgan fingerprint density at radius 1 is 0.528 bits per heavy atom. The van der Waals surface area contributed by atoms with Crippen LogP contribution in [-0.2, 0) is 5.41 Å². The van der Waals surface area contributed by atoms with E-state index in [4.69, 9.17) is 0 Å². The summed E-state index contributed by atoms with van der Waals surface area (Å²) in [5.74, 6) is 0. The minimum absolute atomic E-state index is 0.0100. The molecule has 53 heavy (non-hydrogen) atoms. The molecule has 8 aromatic rings. The number of para-hydroxylation sites is 2. The van der Waals surface area contributed by atoms with Crippen molar-refractivity contribution in [3.8, 4) is 27.9 Å². The fraction of sp³-hybridized carbons (Fsp3) is 0.0980. The molecule has 0 amide bonds. The standard InChI is InChI=1S/C51H40N2/c1-51(2)47-19-11-9-17-43(47)44-31-30-42(34-48(44)51)52(40-26-21-36(22-27-40)35-13-5-3-6-14-35)41-28-23-37(24-29-41)38-25-32-50-46(33-38)45-18-10-12-20-49(45)53(50)39-15-7-4-8-16-39/h3-33,42H,34H2,1-2H3. The average Bonchev–Trinajstić information content (AvgIpc) is 3.67. The Hall–Kier alpha value is -6.38. The van der Waals surface area contributed by atoms with Gasteiger partial charge in [-0.15, -0.1) is 0 Å². The van der Waals surface area contributed by atoms with Crippen LogP contribution in [-0.4, -0.2) is 10.6 Å². The van der Waals surface area contributed by atoms with Gasteiger partial charge in [-0.05, 0) is 106 Å². The van der Waals surface area contributed by atoms with Crippen molar-refractivity contribution in [3.05, 3.63) is 205 Å². The van der Waals surface area contributed by atoms with Gasteiger partial charge in [-0.2, -0.15) is 0 Å². The van der Waals surface area contributed by atoms with Gasteiger partial charge in [0.2, 0.25) is 0 Å². The summed E-state index contributed by atoms with van der Waals surface area (Å²) in [5.41, 5.74) is 16.6. The maximum absolute atomic E-state index is 2.54. The van der Waals surface area contributed by atoms with Gasteiger partial charge in [0.1, 0.15) is 0 Å². The number of benzene rings is 7. The van der Waals surface area contributed by atoms with Gasteiger partial charge in [-0.3, -0.25) is 0 Å². The van der Waals surface area contributed by atoms with E-state index in [2.05, 4.69) is 211 Å². The lowest BCUT2D eigenvalue weighted by Gasteiger charge is -2.37. The van der Waals surface area contributed by atoms with E-state index in [9.17, 15) is 0 Å². The SMILES string of the molecule is CC1(C)C2=C(C=CC(N(c3ccc(-c4ccccc4)cc3)c3ccc(-c4ccc5c(c4)c4ccccc4n5-c4ccccc4)cc3)C2)c2ccccc21. The van der Waals surface area contributed by atoms with Gasteiger partial charge in [0.25, 0.3) is 0 Å². The Bertz CT molecular complexity index is 2690. The third kappa shape index (κ3) is 5.17. The van der Waals surface area contributed by atoms with Crippen molar-refractivity contribution >= 4 is 38.8 Å². The highest BCUT2D eigenvalue weighted by Gasteiger charge is 2.40. The zero-order valence-corrected chi connectivity index (χ0v) is 30.1. The van der Waals surface area contributed by atoms with Crippen LogP contribution in [0.2, 0.25) is 0 Å². The molecule has 0 saturated carbocycles. The van der Waals surface area contributed by atoms with Gasteiger partial charge < -0.3 is 9.47 Å². The predicted molar refractivity (Wildman–Crippen MR) is 224 cm³/mol. The highest BCUT2D eigenvalue weighted by atomic mass is 15.2. The fourth-order valence-corrected chi connectivity index (χ4v) is 8.94. The van der Waals surface area contributed by atoms with Crippen molar-refractivity contribution in [3.63, 3.8) is 0 Å². The Morgan fingerprint density at radius 3 is 1.83 bits per heavy atom. The van der Waals surface area contributed by atoms with Crippen LogP contribution in [0.5, 0.6) is 0 Å². The number of anilines is 2. The molecule has 10 rings (SSSR count). The highest BCUT2D eigenvalue weighted by Crippen LogP contribution is 2.51. The Morgan fingerprint density at radius 2 is 1.09 bits per heavy atom. The monoisotopic (exact) mass is 680 g/mol. The molecule has 1 heterocycles. The summed E-state index contributed by atoms with van der Waals surface area (Å²) in [7, 11) is 0. The lowest BCUT2D eigenvalue weighted by Crippen LogP contribution is -2.33. The van der Waals surface area contributed by atoms with E-state index in [1.165, 1.54) is 83.4 Å². The topological polar surface area (TPSA) is 8.17 Å². The summed E-state index contributed by atoms with van der Waals surface area (Å²) in [6, 6.07) is 64.4. The molecule has 0 radical (unpaired) electrons. The molecule has 0 saturated heterocycles. The van der Waals surface area contributed by atoms with Crippen molar-refractivity contribution in [2.24, 2.45) is 0 Å². The Balaban J connectivity index is 1.03. The molecule has 0 aliphatic heterocycles. The van der Waals surface area contributed by atoms with E-state index in [1.807, 2.05) is 0 Å². The van der Waals surface area contributed by atoms with E-state index in [1.54, 1.807) is 0 Å². The Labute approximate surface area is 311 Å². The number of aromatic nitrogens is 1.